The number of ether oxygens (including phenoxy) is 1. The Hall–Kier alpha value is -0.393. The van der Waals surface area contributed by atoms with E-state index in [1.54, 1.807) is 7.11 Å². The van der Waals surface area contributed by atoms with Gasteiger partial charge in [-0.2, -0.15) is 5.10 Å². The van der Waals surface area contributed by atoms with E-state index in [1.807, 2.05) is 0 Å². The SMILES string of the molecule is COC[C@@H]1CCCN1/N=C/[C@H](C)CCO[Si](C)(C)C(C)(C)C. The first-order chi connectivity index (χ1) is 10.2. The molecule has 0 aromatic carbocycles. The van der Waals surface area contributed by atoms with E-state index in [9.17, 15) is 0 Å². The van der Waals surface area contributed by atoms with E-state index >= 15 is 0 Å². The van der Waals surface area contributed by atoms with Gasteiger partial charge in [0.25, 0.3) is 0 Å². The summed E-state index contributed by atoms with van der Waals surface area (Å²) in [6.45, 7) is 16.4. The van der Waals surface area contributed by atoms with E-state index in [0.717, 1.165) is 26.2 Å². The lowest BCUT2D eigenvalue weighted by molar-refractivity contribution is 0.118. The van der Waals surface area contributed by atoms with E-state index in [1.165, 1.54) is 12.8 Å². The van der Waals surface area contributed by atoms with Crippen molar-refractivity contribution < 1.29 is 9.16 Å². The summed E-state index contributed by atoms with van der Waals surface area (Å²) in [7, 11) is 0.151. The Morgan fingerprint density at radius 3 is 2.64 bits per heavy atom. The monoisotopic (exact) mass is 328 g/mol. The lowest BCUT2D eigenvalue weighted by atomic mass is 10.1. The zero-order valence-electron chi connectivity index (χ0n) is 15.7. The third-order valence-corrected chi connectivity index (χ3v) is 9.56. The molecule has 5 heteroatoms. The minimum atomic E-state index is -1.61. The Morgan fingerprint density at radius 2 is 2.05 bits per heavy atom. The van der Waals surface area contributed by atoms with E-state index in [-0.39, 0.29) is 5.04 Å². The van der Waals surface area contributed by atoms with Crippen LogP contribution in [0.2, 0.25) is 18.1 Å². The third-order valence-electron chi connectivity index (χ3n) is 5.02. The Kier molecular flexibility index (Phi) is 7.55. The molecular weight excluding hydrogens is 292 g/mol. The minimum absolute atomic E-state index is 0.285. The van der Waals surface area contributed by atoms with Crippen LogP contribution in [0.5, 0.6) is 0 Å². The molecule has 0 bridgehead atoms. The largest absolute Gasteiger partial charge is 0.417 e. The molecule has 0 aromatic rings. The number of rotatable bonds is 8. The Bertz CT molecular complexity index is 353. The third kappa shape index (κ3) is 6.01. The molecule has 0 aliphatic carbocycles. The molecule has 1 aliphatic heterocycles. The first kappa shape index (κ1) is 19.7. The molecule has 1 saturated heterocycles. The second kappa shape index (κ2) is 8.46. The molecule has 0 aromatic heterocycles. The smallest absolute Gasteiger partial charge is 0.191 e. The Labute approximate surface area is 138 Å². The molecule has 0 N–H and O–H groups in total. The van der Waals surface area contributed by atoms with Crippen molar-refractivity contribution in [1.82, 2.24) is 5.01 Å². The Morgan fingerprint density at radius 1 is 1.36 bits per heavy atom. The number of hydrogen-bond donors (Lipinski definition) is 0. The van der Waals surface area contributed by atoms with Crippen molar-refractivity contribution in [3.8, 4) is 0 Å². The summed E-state index contributed by atoms with van der Waals surface area (Å²) in [6, 6.07) is 0.455. The molecule has 1 fully saturated rings. The van der Waals surface area contributed by atoms with Crippen LogP contribution in [0.1, 0.15) is 47.0 Å². The fourth-order valence-corrected chi connectivity index (χ4v) is 3.39. The summed E-state index contributed by atoms with van der Waals surface area (Å²) in [4.78, 5) is 0. The van der Waals surface area contributed by atoms with E-state index in [0.29, 0.717) is 12.0 Å². The highest BCUT2D eigenvalue weighted by Gasteiger charge is 2.36. The molecule has 0 saturated carbocycles. The number of methoxy groups -OCH3 is 1. The molecule has 4 nitrogen and oxygen atoms in total. The first-order valence-electron chi connectivity index (χ1n) is 8.61. The van der Waals surface area contributed by atoms with Gasteiger partial charge < -0.3 is 9.16 Å². The molecule has 2 atom stereocenters. The highest BCUT2D eigenvalue weighted by atomic mass is 28.4. The minimum Gasteiger partial charge on any atom is -0.417 e. The van der Waals surface area contributed by atoms with Crippen molar-refractivity contribution >= 4 is 14.5 Å². The van der Waals surface area contributed by atoms with E-state index in [2.05, 4.69) is 57.1 Å². The van der Waals surface area contributed by atoms with Gasteiger partial charge in [-0.3, -0.25) is 5.01 Å². The maximum atomic E-state index is 6.24. The second-order valence-corrected chi connectivity index (χ2v) is 12.9. The van der Waals surface area contributed by atoms with E-state index < -0.39 is 8.32 Å². The predicted octanol–water partition coefficient (Wildman–Crippen LogP) is 4.13. The molecule has 1 heterocycles. The lowest BCUT2D eigenvalue weighted by Crippen LogP contribution is -2.41. The zero-order valence-corrected chi connectivity index (χ0v) is 16.7. The summed E-state index contributed by atoms with van der Waals surface area (Å²) in [5, 5.41) is 7.15. The summed E-state index contributed by atoms with van der Waals surface area (Å²) in [5.41, 5.74) is 0. The van der Waals surface area contributed by atoms with Gasteiger partial charge in [0, 0.05) is 26.5 Å². The number of hydrazone groups is 1. The average molecular weight is 329 g/mol. The van der Waals surface area contributed by atoms with Gasteiger partial charge in [0.05, 0.1) is 12.6 Å². The normalized spacial score (nSPS) is 21.8. The Balaban J connectivity index is 2.34. The number of nitrogens with zero attached hydrogens (tertiary/aromatic N) is 2. The number of hydrogen-bond acceptors (Lipinski definition) is 4. The maximum absolute atomic E-state index is 6.24. The molecule has 0 spiro atoms. The summed E-state index contributed by atoms with van der Waals surface area (Å²) >= 11 is 0. The van der Waals surface area contributed by atoms with Crippen LogP contribution in [0.4, 0.5) is 0 Å². The molecule has 130 valence electrons. The molecule has 0 radical (unpaired) electrons. The van der Waals surface area contributed by atoms with Gasteiger partial charge >= 0.3 is 0 Å². The van der Waals surface area contributed by atoms with Gasteiger partial charge in [-0.25, -0.2) is 0 Å². The molecule has 0 amide bonds. The second-order valence-electron chi connectivity index (χ2n) is 8.05. The summed E-state index contributed by atoms with van der Waals surface area (Å²) < 4.78 is 11.5. The van der Waals surface area contributed by atoms with E-state index in [4.69, 9.17) is 9.16 Å². The first-order valence-corrected chi connectivity index (χ1v) is 11.5. The summed E-state index contributed by atoms with van der Waals surface area (Å²) in [5.74, 6) is 0.452. The van der Waals surface area contributed by atoms with Gasteiger partial charge in [0.15, 0.2) is 8.32 Å². The standard InChI is InChI=1S/C17H36N2O2Si/c1-15(10-12-21-22(6,7)17(2,3)4)13-18-19-11-8-9-16(19)14-20-5/h13,15-16H,8-12,14H2,1-7H3/b18-13+/t15-,16+/m1/s1. The highest BCUT2D eigenvalue weighted by molar-refractivity contribution is 6.74. The fraction of sp³-hybridized carbons (Fsp3) is 0.941. The van der Waals surface area contributed by atoms with Crippen molar-refractivity contribution in [2.24, 2.45) is 11.0 Å². The van der Waals surface area contributed by atoms with Gasteiger partial charge in [-0.05, 0) is 43.3 Å². The molecule has 22 heavy (non-hydrogen) atoms. The quantitative estimate of drug-likeness (QED) is 0.496. The van der Waals surface area contributed by atoms with Crippen molar-refractivity contribution in [3.63, 3.8) is 0 Å². The zero-order chi connectivity index (χ0) is 16.8. The van der Waals surface area contributed by atoms with Crippen LogP contribution in [0.3, 0.4) is 0 Å². The van der Waals surface area contributed by atoms with Crippen LogP contribution >= 0.6 is 0 Å². The topological polar surface area (TPSA) is 34.1 Å². The van der Waals surface area contributed by atoms with Crippen LogP contribution in [0.15, 0.2) is 5.10 Å². The van der Waals surface area contributed by atoms with Gasteiger partial charge in [-0.1, -0.05) is 27.7 Å². The molecule has 1 aliphatic rings. The van der Waals surface area contributed by atoms with Crippen molar-refractivity contribution in [1.29, 1.82) is 0 Å². The van der Waals surface area contributed by atoms with Crippen LogP contribution < -0.4 is 0 Å². The predicted molar refractivity (Wildman–Crippen MR) is 97.0 cm³/mol. The van der Waals surface area contributed by atoms with Crippen LogP contribution in [0.25, 0.3) is 0 Å². The van der Waals surface area contributed by atoms with Gasteiger partial charge in [-0.15, -0.1) is 0 Å². The molecule has 0 unspecified atom stereocenters. The fourth-order valence-electron chi connectivity index (χ4n) is 2.32. The van der Waals surface area contributed by atoms with Crippen molar-refractivity contribution in [2.45, 2.75) is 71.1 Å². The summed E-state index contributed by atoms with van der Waals surface area (Å²) in [6.07, 6.45) is 5.53. The van der Waals surface area contributed by atoms with Crippen LogP contribution in [-0.2, 0) is 9.16 Å². The van der Waals surface area contributed by atoms with Crippen LogP contribution in [-0.4, -0.2) is 52.5 Å². The van der Waals surface area contributed by atoms with Crippen molar-refractivity contribution in [2.75, 3.05) is 26.9 Å². The molecular formula is C17H36N2O2Si. The van der Waals surface area contributed by atoms with Crippen LogP contribution in [0, 0.1) is 5.92 Å². The average Bonchev–Trinajstić information content (AvgIpc) is 2.83. The van der Waals surface area contributed by atoms with Gasteiger partial charge in [0.2, 0.25) is 0 Å². The van der Waals surface area contributed by atoms with Gasteiger partial charge in [0.1, 0.15) is 0 Å². The molecule has 1 rings (SSSR count). The lowest BCUT2D eigenvalue weighted by Gasteiger charge is -2.36. The highest BCUT2D eigenvalue weighted by Crippen LogP contribution is 2.36. The van der Waals surface area contributed by atoms with Crippen molar-refractivity contribution in [3.05, 3.63) is 0 Å². The maximum Gasteiger partial charge on any atom is 0.191 e.